The molecule has 1 atom stereocenters. The Hall–Kier alpha value is -2.27. The summed E-state index contributed by atoms with van der Waals surface area (Å²) in [4.78, 5) is 46.0. The lowest BCUT2D eigenvalue weighted by Crippen LogP contribution is -2.42. The van der Waals surface area contributed by atoms with Gasteiger partial charge in [0.1, 0.15) is 11.4 Å². The summed E-state index contributed by atoms with van der Waals surface area (Å²) in [7, 11) is 0. The Morgan fingerprint density at radius 3 is 2.81 bits per heavy atom. The molecular formula is C23H25IN4O3S. The first kappa shape index (κ1) is 22.9. The van der Waals surface area contributed by atoms with Crippen LogP contribution in [0.2, 0.25) is 0 Å². The zero-order chi connectivity index (χ0) is 23.0. The largest absolute Gasteiger partial charge is 0.341 e. The minimum Gasteiger partial charge on any atom is -0.341 e. The fourth-order valence-corrected chi connectivity index (χ4v) is 5.78. The van der Waals surface area contributed by atoms with E-state index in [1.165, 1.54) is 22.2 Å². The van der Waals surface area contributed by atoms with Gasteiger partial charge in [-0.25, -0.2) is 4.98 Å². The molecule has 0 radical (unpaired) electrons. The summed E-state index contributed by atoms with van der Waals surface area (Å²) in [6.07, 6.45) is 3.52. The second kappa shape index (κ2) is 9.30. The molecule has 3 aromatic rings. The Bertz CT molecular complexity index is 1270. The molecule has 0 unspecified atom stereocenters. The van der Waals surface area contributed by atoms with Crippen LogP contribution in [0.25, 0.3) is 10.2 Å². The van der Waals surface area contributed by atoms with Crippen molar-refractivity contribution in [3.05, 3.63) is 54.5 Å². The normalized spacial score (nSPS) is 16.4. The van der Waals surface area contributed by atoms with Crippen LogP contribution in [0.4, 0.5) is 5.69 Å². The van der Waals surface area contributed by atoms with Gasteiger partial charge < -0.3 is 10.2 Å². The summed E-state index contributed by atoms with van der Waals surface area (Å²) in [5.74, 6) is 0.140. The standard InChI is InChI=1S/C23H25IN4O3S/c1-13-5-4-8-27(10-13)18(29)11-28-12-25-22-19(23(28)31)15(3)20(32-22)21(30)26-17-7-6-16(24)9-14(17)2/h6-7,9,12-13H,4-5,8,10-11H2,1-3H3,(H,26,30)/t13-/m0/s1. The van der Waals surface area contributed by atoms with Gasteiger partial charge in [-0.15, -0.1) is 11.3 Å². The van der Waals surface area contributed by atoms with E-state index in [4.69, 9.17) is 0 Å². The Kier molecular flexibility index (Phi) is 6.66. The lowest BCUT2D eigenvalue weighted by molar-refractivity contribution is -0.133. The molecule has 32 heavy (non-hydrogen) atoms. The molecule has 1 saturated heterocycles. The summed E-state index contributed by atoms with van der Waals surface area (Å²) >= 11 is 3.43. The van der Waals surface area contributed by atoms with Crippen molar-refractivity contribution < 1.29 is 9.59 Å². The van der Waals surface area contributed by atoms with E-state index in [9.17, 15) is 14.4 Å². The number of piperidine rings is 1. The first-order chi connectivity index (χ1) is 15.2. The van der Waals surface area contributed by atoms with Gasteiger partial charge in [-0.3, -0.25) is 19.0 Å². The van der Waals surface area contributed by atoms with Crippen LogP contribution < -0.4 is 10.9 Å². The van der Waals surface area contributed by atoms with Crippen molar-refractivity contribution in [2.45, 2.75) is 40.2 Å². The molecule has 1 N–H and O–H groups in total. The van der Waals surface area contributed by atoms with Gasteiger partial charge in [0, 0.05) is 22.3 Å². The minimum absolute atomic E-state index is 0.0346. The van der Waals surface area contributed by atoms with Crippen LogP contribution in [0.1, 0.15) is 40.6 Å². The summed E-state index contributed by atoms with van der Waals surface area (Å²) < 4.78 is 2.45. The Balaban J connectivity index is 1.60. The van der Waals surface area contributed by atoms with Crippen molar-refractivity contribution in [3.8, 4) is 0 Å². The summed E-state index contributed by atoms with van der Waals surface area (Å²) in [6.45, 7) is 7.26. The number of likely N-dealkylation sites (tertiary alicyclic amines) is 1. The second-order valence-corrected chi connectivity index (χ2v) is 10.7. The van der Waals surface area contributed by atoms with Crippen LogP contribution in [-0.2, 0) is 11.3 Å². The van der Waals surface area contributed by atoms with E-state index >= 15 is 0 Å². The molecule has 0 spiro atoms. The average molecular weight is 564 g/mol. The van der Waals surface area contributed by atoms with E-state index < -0.39 is 0 Å². The highest BCUT2D eigenvalue weighted by molar-refractivity contribution is 14.1. The third kappa shape index (κ3) is 4.59. The molecule has 4 rings (SSSR count). The van der Waals surface area contributed by atoms with Crippen molar-refractivity contribution in [1.82, 2.24) is 14.5 Å². The third-order valence-corrected chi connectivity index (χ3v) is 7.75. The Morgan fingerprint density at radius 2 is 2.09 bits per heavy atom. The zero-order valence-corrected chi connectivity index (χ0v) is 21.2. The van der Waals surface area contributed by atoms with Crippen LogP contribution in [0.15, 0.2) is 29.3 Å². The lowest BCUT2D eigenvalue weighted by Gasteiger charge is -2.31. The number of hydrogen-bond donors (Lipinski definition) is 1. The number of nitrogens with zero attached hydrogens (tertiary/aromatic N) is 3. The topological polar surface area (TPSA) is 84.3 Å². The molecule has 2 amide bonds. The second-order valence-electron chi connectivity index (χ2n) is 8.41. The molecule has 0 saturated carbocycles. The van der Waals surface area contributed by atoms with E-state index in [1.54, 1.807) is 6.92 Å². The third-order valence-electron chi connectivity index (χ3n) is 5.88. The van der Waals surface area contributed by atoms with Gasteiger partial charge in [-0.2, -0.15) is 0 Å². The van der Waals surface area contributed by atoms with Crippen LogP contribution in [0, 0.1) is 23.3 Å². The molecule has 7 nitrogen and oxygen atoms in total. The maximum Gasteiger partial charge on any atom is 0.266 e. The summed E-state index contributed by atoms with van der Waals surface area (Å²) in [5.41, 5.74) is 2.01. The lowest BCUT2D eigenvalue weighted by atomic mass is 10.0. The number of rotatable bonds is 4. The molecule has 1 aliphatic rings. The predicted molar refractivity (Wildman–Crippen MR) is 135 cm³/mol. The highest BCUT2D eigenvalue weighted by Crippen LogP contribution is 2.28. The fraction of sp³-hybridized carbons (Fsp3) is 0.391. The molecule has 1 aliphatic heterocycles. The molecule has 9 heteroatoms. The molecule has 0 bridgehead atoms. The quantitative estimate of drug-likeness (QED) is 0.482. The number of carbonyl (C=O) groups excluding carboxylic acids is 2. The van der Waals surface area contributed by atoms with Crippen molar-refractivity contribution in [2.75, 3.05) is 18.4 Å². The number of benzene rings is 1. The van der Waals surface area contributed by atoms with E-state index in [2.05, 4.69) is 39.8 Å². The highest BCUT2D eigenvalue weighted by atomic mass is 127. The van der Waals surface area contributed by atoms with Gasteiger partial charge in [0.2, 0.25) is 5.91 Å². The van der Waals surface area contributed by atoms with E-state index in [1.807, 2.05) is 30.0 Å². The molecule has 1 fully saturated rings. The van der Waals surface area contributed by atoms with E-state index in [0.717, 1.165) is 40.8 Å². The number of nitrogens with one attached hydrogen (secondary N) is 1. The Labute approximate surface area is 204 Å². The molecule has 0 aliphatic carbocycles. The van der Waals surface area contributed by atoms with Crippen molar-refractivity contribution in [2.24, 2.45) is 5.92 Å². The number of carbonyl (C=O) groups is 2. The molecule has 3 heterocycles. The van der Waals surface area contributed by atoms with Crippen LogP contribution in [-0.4, -0.2) is 39.4 Å². The molecular weight excluding hydrogens is 539 g/mol. The number of halogens is 1. The number of aryl methyl sites for hydroxylation is 2. The molecule has 168 valence electrons. The van der Waals surface area contributed by atoms with Crippen molar-refractivity contribution >= 4 is 61.6 Å². The minimum atomic E-state index is -0.286. The van der Waals surface area contributed by atoms with Gasteiger partial charge in [0.05, 0.1) is 16.6 Å². The van der Waals surface area contributed by atoms with Gasteiger partial charge in [0.15, 0.2) is 0 Å². The van der Waals surface area contributed by atoms with Gasteiger partial charge in [-0.05, 0) is 84.5 Å². The number of hydrogen-bond acceptors (Lipinski definition) is 5. The number of thiophene rings is 1. The number of amides is 2. The van der Waals surface area contributed by atoms with E-state index in [0.29, 0.717) is 26.6 Å². The number of aromatic nitrogens is 2. The fourth-order valence-electron chi connectivity index (χ4n) is 4.10. The summed E-state index contributed by atoms with van der Waals surface area (Å²) in [6, 6.07) is 5.80. The monoisotopic (exact) mass is 564 g/mol. The first-order valence-corrected chi connectivity index (χ1v) is 12.5. The smallest absolute Gasteiger partial charge is 0.266 e. The van der Waals surface area contributed by atoms with Crippen molar-refractivity contribution in [3.63, 3.8) is 0 Å². The Morgan fingerprint density at radius 1 is 1.31 bits per heavy atom. The number of fused-ring (bicyclic) bond motifs is 1. The predicted octanol–water partition coefficient (Wildman–Crippen LogP) is 4.19. The maximum atomic E-state index is 13.1. The summed E-state index contributed by atoms with van der Waals surface area (Å²) in [5, 5.41) is 3.34. The average Bonchev–Trinajstić information content (AvgIpc) is 3.09. The number of anilines is 1. The molecule has 1 aromatic carbocycles. The first-order valence-electron chi connectivity index (χ1n) is 10.6. The van der Waals surface area contributed by atoms with E-state index in [-0.39, 0.29) is 23.9 Å². The molecule has 2 aromatic heterocycles. The zero-order valence-electron chi connectivity index (χ0n) is 18.3. The maximum absolute atomic E-state index is 13.1. The van der Waals surface area contributed by atoms with Crippen molar-refractivity contribution in [1.29, 1.82) is 0 Å². The van der Waals surface area contributed by atoms with Gasteiger partial charge in [-0.1, -0.05) is 6.92 Å². The van der Waals surface area contributed by atoms with Crippen LogP contribution >= 0.6 is 33.9 Å². The highest BCUT2D eigenvalue weighted by Gasteiger charge is 2.23. The van der Waals surface area contributed by atoms with Crippen LogP contribution in [0.3, 0.4) is 0 Å². The van der Waals surface area contributed by atoms with Crippen LogP contribution in [0.5, 0.6) is 0 Å². The van der Waals surface area contributed by atoms with Gasteiger partial charge >= 0.3 is 0 Å². The SMILES string of the molecule is Cc1cc(I)ccc1NC(=O)c1sc2ncn(CC(=O)N3CCC[C@H](C)C3)c(=O)c2c1C. The van der Waals surface area contributed by atoms with Gasteiger partial charge in [0.25, 0.3) is 11.5 Å².